The molecule has 0 spiro atoms. The highest BCUT2D eigenvalue weighted by Gasteiger charge is 2.26. The molecule has 5 heterocycles. The van der Waals surface area contributed by atoms with E-state index in [0.29, 0.717) is 30.3 Å². The van der Waals surface area contributed by atoms with Crippen molar-refractivity contribution in [2.75, 3.05) is 13.1 Å². The lowest BCUT2D eigenvalue weighted by molar-refractivity contribution is 0.123. The first-order chi connectivity index (χ1) is 17.0. The van der Waals surface area contributed by atoms with Crippen molar-refractivity contribution in [3.05, 3.63) is 66.0 Å². The van der Waals surface area contributed by atoms with E-state index in [9.17, 15) is 15.2 Å². The topological polar surface area (TPSA) is 122 Å². The van der Waals surface area contributed by atoms with Crippen LogP contribution in [0.1, 0.15) is 49.0 Å². The van der Waals surface area contributed by atoms with Gasteiger partial charge in [-0.3, -0.25) is 14.1 Å². The molecular weight excluding hydrogens is 446 g/mol. The van der Waals surface area contributed by atoms with Gasteiger partial charge in [0.15, 0.2) is 0 Å². The number of amides is 1. The highest BCUT2D eigenvalue weighted by Crippen LogP contribution is 2.33. The van der Waals surface area contributed by atoms with Crippen LogP contribution in [0.2, 0.25) is 0 Å². The summed E-state index contributed by atoms with van der Waals surface area (Å²) in [6.45, 7) is 4.92. The van der Waals surface area contributed by atoms with Crippen LogP contribution in [0.15, 0.2) is 48.9 Å². The molecule has 5 rings (SSSR count). The van der Waals surface area contributed by atoms with Crippen LogP contribution in [0, 0.1) is 18.3 Å². The number of rotatable bonds is 5. The number of imidazole rings is 1. The third-order valence-electron chi connectivity index (χ3n) is 6.53. The van der Waals surface area contributed by atoms with Crippen LogP contribution < -0.4 is 4.74 Å². The van der Waals surface area contributed by atoms with Gasteiger partial charge in [-0.25, -0.2) is 9.78 Å². The SMILES string of the molecule is Cc1c(-c2cc(O[C@H](C)c3ccccn3)n3c(C#N)cnc3c2)cnn1C1CCN(C(=O)O)CC1. The lowest BCUT2D eigenvalue weighted by Crippen LogP contribution is -2.38. The molecule has 10 nitrogen and oxygen atoms in total. The molecule has 0 aromatic carbocycles. The predicted octanol–water partition coefficient (Wildman–Crippen LogP) is 4.23. The highest BCUT2D eigenvalue weighted by atomic mass is 16.5. The number of nitrogens with zero attached hydrogens (tertiary/aromatic N) is 7. The minimum atomic E-state index is -0.876. The van der Waals surface area contributed by atoms with E-state index < -0.39 is 6.09 Å². The molecule has 0 unspecified atom stereocenters. The number of fused-ring (bicyclic) bond motifs is 1. The summed E-state index contributed by atoms with van der Waals surface area (Å²) in [5, 5.41) is 23.5. The number of hydrogen-bond donors (Lipinski definition) is 1. The minimum absolute atomic E-state index is 0.139. The van der Waals surface area contributed by atoms with Crippen molar-refractivity contribution in [1.29, 1.82) is 5.26 Å². The maximum atomic E-state index is 11.2. The Morgan fingerprint density at radius 1 is 1.23 bits per heavy atom. The number of likely N-dealkylation sites (tertiary alicyclic amines) is 1. The molecule has 1 saturated heterocycles. The summed E-state index contributed by atoms with van der Waals surface area (Å²) in [5.74, 6) is 0.492. The summed E-state index contributed by atoms with van der Waals surface area (Å²) in [6.07, 6.45) is 5.29. The molecule has 10 heteroatoms. The second kappa shape index (κ2) is 9.10. The Labute approximate surface area is 202 Å². The number of nitriles is 1. The standard InChI is InChI=1S/C25H25N7O3/c1-16-21(15-29-32(16)19-6-9-30(10-7-19)25(33)34)18-11-23-28-14-20(13-26)31(23)24(12-18)35-17(2)22-5-3-4-8-27-22/h3-5,8,11-12,14-15,17,19H,6-7,9-10H2,1-2H3,(H,33,34)/t17-/m1/s1. The number of carboxylic acid groups (broad SMARTS) is 1. The lowest BCUT2D eigenvalue weighted by atomic mass is 10.0. The van der Waals surface area contributed by atoms with Gasteiger partial charge in [-0.15, -0.1) is 0 Å². The van der Waals surface area contributed by atoms with Crippen LogP contribution in [0.3, 0.4) is 0 Å². The molecule has 178 valence electrons. The molecule has 0 bridgehead atoms. The molecule has 1 amide bonds. The first-order valence-corrected chi connectivity index (χ1v) is 11.5. The van der Waals surface area contributed by atoms with Gasteiger partial charge in [0.05, 0.1) is 24.1 Å². The van der Waals surface area contributed by atoms with Gasteiger partial charge < -0.3 is 14.7 Å². The van der Waals surface area contributed by atoms with E-state index in [1.165, 1.54) is 11.1 Å². The Hall–Kier alpha value is -4.39. The number of ether oxygens (including phenoxy) is 1. The van der Waals surface area contributed by atoms with Crippen LogP contribution >= 0.6 is 0 Å². The summed E-state index contributed by atoms with van der Waals surface area (Å²) in [7, 11) is 0. The molecule has 1 aliphatic heterocycles. The number of pyridine rings is 2. The van der Waals surface area contributed by atoms with E-state index in [-0.39, 0.29) is 12.1 Å². The minimum Gasteiger partial charge on any atom is -0.469 e. The molecule has 35 heavy (non-hydrogen) atoms. The van der Waals surface area contributed by atoms with Crippen molar-refractivity contribution in [3.8, 4) is 23.1 Å². The number of piperidine rings is 1. The fraction of sp³-hybridized carbons (Fsp3) is 0.320. The van der Waals surface area contributed by atoms with Crippen molar-refractivity contribution in [3.63, 3.8) is 0 Å². The molecule has 0 radical (unpaired) electrons. The summed E-state index contributed by atoms with van der Waals surface area (Å²) >= 11 is 0. The third-order valence-corrected chi connectivity index (χ3v) is 6.53. The average Bonchev–Trinajstić information content (AvgIpc) is 3.47. The Bertz CT molecular complexity index is 1410. The van der Waals surface area contributed by atoms with Gasteiger partial charge in [-0.05, 0) is 50.5 Å². The molecule has 1 atom stereocenters. The average molecular weight is 472 g/mol. The molecule has 1 aliphatic rings. The van der Waals surface area contributed by atoms with Gasteiger partial charge in [-0.2, -0.15) is 10.4 Å². The van der Waals surface area contributed by atoms with E-state index in [1.807, 2.05) is 55.1 Å². The van der Waals surface area contributed by atoms with Gasteiger partial charge in [0.1, 0.15) is 23.5 Å². The predicted molar refractivity (Wildman–Crippen MR) is 127 cm³/mol. The smallest absolute Gasteiger partial charge is 0.407 e. The van der Waals surface area contributed by atoms with Crippen LogP contribution in [0.4, 0.5) is 4.79 Å². The maximum Gasteiger partial charge on any atom is 0.407 e. The van der Waals surface area contributed by atoms with E-state index in [1.54, 1.807) is 10.6 Å². The quantitative estimate of drug-likeness (QED) is 0.462. The fourth-order valence-corrected chi connectivity index (χ4v) is 4.63. The van der Waals surface area contributed by atoms with Crippen LogP contribution in [-0.2, 0) is 0 Å². The molecule has 1 fully saturated rings. The number of aromatic nitrogens is 5. The van der Waals surface area contributed by atoms with Crippen molar-refractivity contribution >= 4 is 11.7 Å². The molecule has 0 aliphatic carbocycles. The van der Waals surface area contributed by atoms with Gasteiger partial charge >= 0.3 is 6.09 Å². The summed E-state index contributed by atoms with van der Waals surface area (Å²) < 4.78 is 9.98. The van der Waals surface area contributed by atoms with Gasteiger partial charge in [0.25, 0.3) is 0 Å². The Balaban J connectivity index is 1.50. The van der Waals surface area contributed by atoms with E-state index in [0.717, 1.165) is 35.4 Å². The van der Waals surface area contributed by atoms with Crippen molar-refractivity contribution < 1.29 is 14.6 Å². The largest absolute Gasteiger partial charge is 0.469 e. The molecule has 0 saturated carbocycles. The van der Waals surface area contributed by atoms with Crippen LogP contribution in [0.5, 0.6) is 5.88 Å². The van der Waals surface area contributed by atoms with Gasteiger partial charge in [-0.1, -0.05) is 6.07 Å². The summed E-state index contributed by atoms with van der Waals surface area (Å²) in [5.41, 5.74) is 4.56. The zero-order valence-corrected chi connectivity index (χ0v) is 19.5. The third kappa shape index (κ3) is 4.17. The fourth-order valence-electron chi connectivity index (χ4n) is 4.63. The normalized spacial score (nSPS) is 15.2. The first kappa shape index (κ1) is 22.4. The highest BCUT2D eigenvalue weighted by molar-refractivity contribution is 5.71. The lowest BCUT2D eigenvalue weighted by Gasteiger charge is -2.30. The Kier molecular flexibility index (Phi) is 5.82. The Morgan fingerprint density at radius 2 is 2.03 bits per heavy atom. The number of hydrogen-bond acceptors (Lipinski definition) is 6. The van der Waals surface area contributed by atoms with Crippen molar-refractivity contribution in [1.82, 2.24) is 29.0 Å². The Morgan fingerprint density at radius 3 is 2.71 bits per heavy atom. The van der Waals surface area contributed by atoms with E-state index in [2.05, 4.69) is 21.1 Å². The number of carbonyl (C=O) groups is 1. The van der Waals surface area contributed by atoms with Crippen LogP contribution in [0.25, 0.3) is 16.8 Å². The molecular formula is C25H25N7O3. The molecule has 1 N–H and O–H groups in total. The van der Waals surface area contributed by atoms with Crippen molar-refractivity contribution in [2.24, 2.45) is 0 Å². The maximum absolute atomic E-state index is 11.2. The summed E-state index contributed by atoms with van der Waals surface area (Å²) in [4.78, 5) is 21.5. The van der Waals surface area contributed by atoms with Crippen LogP contribution in [-0.4, -0.2) is 53.3 Å². The monoisotopic (exact) mass is 471 g/mol. The van der Waals surface area contributed by atoms with Gasteiger partial charge in [0, 0.05) is 36.6 Å². The van der Waals surface area contributed by atoms with Gasteiger partial charge in [0.2, 0.25) is 5.88 Å². The zero-order chi connectivity index (χ0) is 24.5. The second-order valence-corrected chi connectivity index (χ2v) is 8.63. The van der Waals surface area contributed by atoms with E-state index >= 15 is 0 Å². The molecule has 4 aromatic rings. The zero-order valence-electron chi connectivity index (χ0n) is 19.5. The summed E-state index contributed by atoms with van der Waals surface area (Å²) in [6, 6.07) is 11.8. The first-order valence-electron chi connectivity index (χ1n) is 11.5. The van der Waals surface area contributed by atoms with E-state index in [4.69, 9.17) is 4.74 Å². The molecule has 4 aromatic heterocycles. The van der Waals surface area contributed by atoms with Crippen molar-refractivity contribution in [2.45, 2.75) is 38.8 Å². The second-order valence-electron chi connectivity index (χ2n) is 8.63.